The first-order valence-electron chi connectivity index (χ1n) is 11.0. The number of hydrogen-bond acceptors (Lipinski definition) is 8. The van der Waals surface area contributed by atoms with Gasteiger partial charge in [-0.25, -0.2) is 14.8 Å². The molecular formula is C24H19N7O4. The van der Waals surface area contributed by atoms with Gasteiger partial charge in [0.25, 0.3) is 11.8 Å². The minimum Gasteiger partial charge on any atom is -0.439 e. The zero-order chi connectivity index (χ0) is 24.0. The standard InChI is InChI=1S/C24H19N7O4/c32-21-24(22(33)29-23(34)28-21)8-1-11-31(24)16-2-5-20(26-13-16)35-17-3-4-19-18(12-17)27-14-30(19)15-6-9-25-10-7-15/h2-7,9-10,12-14H,1,8,11H2,(H2,28,29,32,33,34). The van der Waals surface area contributed by atoms with Gasteiger partial charge in [0.05, 0.1) is 28.6 Å². The van der Waals surface area contributed by atoms with Gasteiger partial charge in [-0.05, 0) is 43.2 Å². The average molecular weight is 469 g/mol. The summed E-state index contributed by atoms with van der Waals surface area (Å²) in [6.07, 6.45) is 7.68. The van der Waals surface area contributed by atoms with Crippen LogP contribution in [0.1, 0.15) is 12.8 Å². The molecule has 0 unspecified atom stereocenters. The van der Waals surface area contributed by atoms with Crippen LogP contribution in [0, 0.1) is 0 Å². The van der Waals surface area contributed by atoms with Crippen LogP contribution in [0.4, 0.5) is 10.5 Å². The Morgan fingerprint density at radius 3 is 2.46 bits per heavy atom. The van der Waals surface area contributed by atoms with E-state index in [1.165, 1.54) is 0 Å². The molecule has 2 aliphatic rings. The molecule has 1 spiro atoms. The van der Waals surface area contributed by atoms with Gasteiger partial charge in [0, 0.05) is 31.1 Å². The minimum atomic E-state index is -1.46. The molecule has 3 aromatic heterocycles. The van der Waals surface area contributed by atoms with Gasteiger partial charge in [0.15, 0.2) is 5.54 Å². The van der Waals surface area contributed by atoms with Crippen LogP contribution in [0.5, 0.6) is 11.6 Å². The first-order chi connectivity index (χ1) is 17.0. The van der Waals surface area contributed by atoms with E-state index in [1.54, 1.807) is 42.0 Å². The molecule has 1 aromatic carbocycles. The monoisotopic (exact) mass is 469 g/mol. The number of carbonyl (C=O) groups excluding carboxylic acids is 3. The molecule has 6 rings (SSSR count). The van der Waals surface area contributed by atoms with E-state index in [4.69, 9.17) is 4.74 Å². The summed E-state index contributed by atoms with van der Waals surface area (Å²) < 4.78 is 7.88. The van der Waals surface area contributed by atoms with E-state index in [9.17, 15) is 14.4 Å². The van der Waals surface area contributed by atoms with E-state index in [0.29, 0.717) is 36.7 Å². The summed E-state index contributed by atoms with van der Waals surface area (Å²) in [5.41, 5.74) is 1.77. The number of hydrogen-bond donors (Lipinski definition) is 2. The third-order valence-electron chi connectivity index (χ3n) is 6.30. The molecule has 0 aliphatic carbocycles. The molecule has 0 atom stereocenters. The minimum absolute atomic E-state index is 0.308. The van der Waals surface area contributed by atoms with Crippen molar-refractivity contribution in [1.82, 2.24) is 30.2 Å². The van der Waals surface area contributed by atoms with E-state index < -0.39 is 23.4 Å². The second-order valence-corrected chi connectivity index (χ2v) is 8.28. The first kappa shape index (κ1) is 20.8. The van der Waals surface area contributed by atoms with Crippen LogP contribution in [0.25, 0.3) is 16.7 Å². The fourth-order valence-electron chi connectivity index (χ4n) is 4.67. The van der Waals surface area contributed by atoms with E-state index >= 15 is 0 Å². The van der Waals surface area contributed by atoms with E-state index in [0.717, 1.165) is 16.7 Å². The molecule has 11 heteroatoms. The lowest BCUT2D eigenvalue weighted by Gasteiger charge is -2.38. The van der Waals surface area contributed by atoms with E-state index in [-0.39, 0.29) is 0 Å². The van der Waals surface area contributed by atoms with Crippen LogP contribution in [-0.2, 0) is 9.59 Å². The Kier molecular flexibility index (Phi) is 4.69. The molecule has 2 N–H and O–H groups in total. The maximum absolute atomic E-state index is 12.6. The Morgan fingerprint density at radius 1 is 0.914 bits per heavy atom. The second-order valence-electron chi connectivity index (χ2n) is 8.28. The van der Waals surface area contributed by atoms with Gasteiger partial charge in [0.1, 0.15) is 12.1 Å². The van der Waals surface area contributed by atoms with Crippen molar-refractivity contribution < 1.29 is 19.1 Å². The van der Waals surface area contributed by atoms with Crippen molar-refractivity contribution in [3.05, 3.63) is 67.4 Å². The predicted octanol–water partition coefficient (Wildman–Crippen LogP) is 2.31. The van der Waals surface area contributed by atoms with Gasteiger partial charge in [0.2, 0.25) is 5.88 Å². The van der Waals surface area contributed by atoms with Gasteiger partial charge in [-0.15, -0.1) is 0 Å². The number of barbiturate groups is 1. The average Bonchev–Trinajstić information content (AvgIpc) is 3.49. The van der Waals surface area contributed by atoms with Crippen LogP contribution in [-0.4, -0.2) is 49.4 Å². The highest BCUT2D eigenvalue weighted by molar-refractivity contribution is 6.24. The first-order valence-corrected chi connectivity index (χ1v) is 11.0. The van der Waals surface area contributed by atoms with Gasteiger partial charge in [-0.2, -0.15) is 0 Å². The summed E-state index contributed by atoms with van der Waals surface area (Å²) in [7, 11) is 0. The fraction of sp³-hybridized carbons (Fsp3) is 0.167. The van der Waals surface area contributed by atoms with Crippen molar-refractivity contribution in [2.75, 3.05) is 11.4 Å². The largest absolute Gasteiger partial charge is 0.439 e. The number of urea groups is 1. The number of imidazole rings is 1. The number of amides is 4. The Hall–Kier alpha value is -4.80. The molecule has 5 heterocycles. The number of anilines is 1. The Morgan fingerprint density at radius 2 is 1.71 bits per heavy atom. The molecule has 0 saturated carbocycles. The molecular weight excluding hydrogens is 450 g/mol. The van der Waals surface area contributed by atoms with E-state index in [2.05, 4.69) is 25.6 Å². The summed E-state index contributed by atoms with van der Waals surface area (Å²) in [5, 5.41) is 4.41. The van der Waals surface area contributed by atoms with Gasteiger partial charge in [-0.3, -0.25) is 29.8 Å². The lowest BCUT2D eigenvalue weighted by Crippen LogP contribution is -2.71. The van der Waals surface area contributed by atoms with Crippen molar-refractivity contribution in [3.8, 4) is 17.3 Å². The lowest BCUT2D eigenvalue weighted by atomic mass is 9.92. The molecule has 2 saturated heterocycles. The number of imide groups is 2. The van der Waals surface area contributed by atoms with Crippen molar-refractivity contribution in [1.29, 1.82) is 0 Å². The SMILES string of the molecule is O=C1NC(=O)C2(CCCN2c2ccc(Oc3ccc4c(c3)ncn4-c3ccncc3)nc2)C(=O)N1. The number of nitrogens with zero attached hydrogens (tertiary/aromatic N) is 5. The fourth-order valence-corrected chi connectivity index (χ4v) is 4.67. The quantitative estimate of drug-likeness (QED) is 0.436. The van der Waals surface area contributed by atoms with Crippen LogP contribution in [0.2, 0.25) is 0 Å². The van der Waals surface area contributed by atoms with Crippen LogP contribution in [0.15, 0.2) is 67.4 Å². The van der Waals surface area contributed by atoms with Crippen molar-refractivity contribution in [2.45, 2.75) is 18.4 Å². The van der Waals surface area contributed by atoms with Gasteiger partial charge in [-0.1, -0.05) is 0 Å². The van der Waals surface area contributed by atoms with E-state index in [1.807, 2.05) is 34.9 Å². The number of nitrogens with one attached hydrogen (secondary N) is 2. The highest BCUT2D eigenvalue weighted by atomic mass is 16.5. The molecule has 35 heavy (non-hydrogen) atoms. The maximum atomic E-state index is 12.6. The van der Waals surface area contributed by atoms with Crippen LogP contribution < -0.4 is 20.3 Å². The Balaban J connectivity index is 1.23. The molecule has 4 aromatic rings. The molecule has 11 nitrogen and oxygen atoms in total. The Labute approximate surface area is 198 Å². The normalized spacial score (nSPS) is 17.0. The summed E-state index contributed by atoms with van der Waals surface area (Å²) >= 11 is 0. The summed E-state index contributed by atoms with van der Waals surface area (Å²) in [5.74, 6) is -0.324. The van der Waals surface area contributed by atoms with Crippen molar-refractivity contribution in [2.24, 2.45) is 0 Å². The second kappa shape index (κ2) is 7.90. The van der Waals surface area contributed by atoms with Gasteiger partial charge < -0.3 is 9.64 Å². The summed E-state index contributed by atoms with van der Waals surface area (Å²) in [6.45, 7) is 0.480. The molecule has 0 bridgehead atoms. The number of fused-ring (bicyclic) bond motifs is 1. The molecule has 4 amide bonds. The van der Waals surface area contributed by atoms with Crippen LogP contribution >= 0.6 is 0 Å². The number of rotatable bonds is 4. The highest BCUT2D eigenvalue weighted by Gasteiger charge is 2.57. The lowest BCUT2D eigenvalue weighted by molar-refractivity contribution is -0.137. The topological polar surface area (TPSA) is 131 Å². The number of benzene rings is 1. The molecule has 2 fully saturated rings. The summed E-state index contributed by atoms with van der Waals surface area (Å²) in [6, 6.07) is 12.0. The maximum Gasteiger partial charge on any atom is 0.328 e. The third-order valence-corrected chi connectivity index (χ3v) is 6.30. The Bertz CT molecular complexity index is 1450. The number of aromatic nitrogens is 4. The zero-order valence-corrected chi connectivity index (χ0v) is 18.3. The third kappa shape index (κ3) is 3.36. The summed E-state index contributed by atoms with van der Waals surface area (Å²) in [4.78, 5) is 51.4. The smallest absolute Gasteiger partial charge is 0.328 e. The predicted molar refractivity (Wildman–Crippen MR) is 124 cm³/mol. The number of pyridine rings is 2. The van der Waals surface area contributed by atoms with Crippen molar-refractivity contribution in [3.63, 3.8) is 0 Å². The highest BCUT2D eigenvalue weighted by Crippen LogP contribution is 2.36. The zero-order valence-electron chi connectivity index (χ0n) is 18.3. The number of ether oxygens (including phenoxy) is 1. The van der Waals surface area contributed by atoms with Gasteiger partial charge >= 0.3 is 6.03 Å². The number of carbonyl (C=O) groups is 3. The van der Waals surface area contributed by atoms with Crippen molar-refractivity contribution >= 4 is 34.6 Å². The molecule has 174 valence electrons. The van der Waals surface area contributed by atoms with Crippen LogP contribution in [0.3, 0.4) is 0 Å². The molecule has 2 aliphatic heterocycles. The molecule has 0 radical (unpaired) electrons.